The number of likely N-dealkylation sites (N-methyl/N-ethyl adjacent to an activating group) is 1. The third-order valence-electron chi connectivity index (χ3n) is 4.30. The van der Waals surface area contributed by atoms with E-state index in [-0.39, 0.29) is 30.9 Å². The fourth-order valence-electron chi connectivity index (χ4n) is 2.89. The molecule has 7 nitrogen and oxygen atoms in total. The van der Waals surface area contributed by atoms with E-state index in [0.29, 0.717) is 11.2 Å². The highest BCUT2D eigenvalue weighted by Gasteiger charge is 2.20. The lowest BCUT2D eigenvalue weighted by Gasteiger charge is -2.10. The van der Waals surface area contributed by atoms with E-state index in [9.17, 15) is 14.4 Å². The number of aromatic amines is 1. The number of thiophene rings is 1. The van der Waals surface area contributed by atoms with Crippen LogP contribution in [-0.4, -0.2) is 47.4 Å². The predicted molar refractivity (Wildman–Crippen MR) is 94.9 cm³/mol. The molecular weight excluding hydrogens is 342 g/mol. The number of nitrogens with one attached hydrogen (secondary N) is 1. The molecule has 2 aromatic heterocycles. The van der Waals surface area contributed by atoms with Crippen LogP contribution in [0.2, 0.25) is 0 Å². The highest BCUT2D eigenvalue weighted by molar-refractivity contribution is 7.18. The largest absolute Gasteiger partial charge is 0.456 e. The summed E-state index contributed by atoms with van der Waals surface area (Å²) < 4.78 is 4.92. The lowest BCUT2D eigenvalue weighted by molar-refractivity contribution is -0.151. The summed E-state index contributed by atoms with van der Waals surface area (Å²) in [6, 6.07) is 0. The second kappa shape index (κ2) is 7.35. The van der Waals surface area contributed by atoms with Gasteiger partial charge in [-0.2, -0.15) is 0 Å². The highest BCUT2D eigenvalue weighted by Crippen LogP contribution is 2.33. The summed E-state index contributed by atoms with van der Waals surface area (Å²) in [5.41, 5.74) is 1.02. The first kappa shape index (κ1) is 17.6. The molecule has 25 heavy (non-hydrogen) atoms. The van der Waals surface area contributed by atoms with Crippen LogP contribution in [0.4, 0.5) is 0 Å². The molecule has 0 saturated heterocycles. The Morgan fingerprint density at radius 2 is 2.04 bits per heavy atom. The van der Waals surface area contributed by atoms with Crippen LogP contribution in [0.5, 0.6) is 0 Å². The standard InChI is InChI=1S/C17H21N3O4S/c1-20(2)13(21)9-24-14(22)8-7-12-18-16(23)15-10-5-3-4-6-11(10)25-17(15)19-12/h3-9H2,1-2H3,(H,18,19,23). The summed E-state index contributed by atoms with van der Waals surface area (Å²) in [7, 11) is 3.20. The minimum absolute atomic E-state index is 0.0697. The molecule has 0 atom stereocenters. The number of rotatable bonds is 5. The molecule has 0 saturated carbocycles. The Labute approximate surface area is 149 Å². The molecule has 3 rings (SSSR count). The molecule has 1 amide bonds. The van der Waals surface area contributed by atoms with E-state index < -0.39 is 5.97 Å². The molecule has 0 unspecified atom stereocenters. The van der Waals surface area contributed by atoms with Crippen molar-refractivity contribution in [2.45, 2.75) is 38.5 Å². The summed E-state index contributed by atoms with van der Waals surface area (Å²) in [6.07, 6.45) is 4.56. The van der Waals surface area contributed by atoms with Crippen molar-refractivity contribution < 1.29 is 14.3 Å². The van der Waals surface area contributed by atoms with Crippen molar-refractivity contribution in [3.8, 4) is 0 Å². The number of H-pyrrole nitrogens is 1. The summed E-state index contributed by atoms with van der Waals surface area (Å²) >= 11 is 1.58. The van der Waals surface area contributed by atoms with Gasteiger partial charge in [0.2, 0.25) is 0 Å². The summed E-state index contributed by atoms with van der Waals surface area (Å²) in [6.45, 7) is -0.271. The minimum atomic E-state index is -0.483. The fraction of sp³-hybridized carbons (Fsp3) is 0.529. The Balaban J connectivity index is 1.67. The molecule has 2 aromatic rings. The van der Waals surface area contributed by atoms with Gasteiger partial charge < -0.3 is 14.6 Å². The Hall–Kier alpha value is -2.22. The third-order valence-corrected chi connectivity index (χ3v) is 5.48. The van der Waals surface area contributed by atoms with Crippen LogP contribution in [0.15, 0.2) is 4.79 Å². The zero-order valence-corrected chi connectivity index (χ0v) is 15.2. The van der Waals surface area contributed by atoms with Crippen LogP contribution in [-0.2, 0) is 33.6 Å². The minimum Gasteiger partial charge on any atom is -0.456 e. The zero-order chi connectivity index (χ0) is 18.0. The normalized spacial score (nSPS) is 13.5. The van der Waals surface area contributed by atoms with Gasteiger partial charge in [0, 0.05) is 25.4 Å². The van der Waals surface area contributed by atoms with Gasteiger partial charge >= 0.3 is 5.97 Å². The monoisotopic (exact) mass is 363 g/mol. The van der Waals surface area contributed by atoms with Crippen LogP contribution in [0.25, 0.3) is 10.2 Å². The van der Waals surface area contributed by atoms with E-state index in [1.165, 1.54) is 9.78 Å². The van der Waals surface area contributed by atoms with Gasteiger partial charge in [-0.05, 0) is 31.2 Å². The number of aromatic nitrogens is 2. The summed E-state index contributed by atoms with van der Waals surface area (Å²) in [5.74, 6) is -0.277. The molecule has 2 heterocycles. The van der Waals surface area contributed by atoms with Crippen LogP contribution in [0.3, 0.4) is 0 Å². The maximum atomic E-state index is 12.4. The van der Waals surface area contributed by atoms with Crippen molar-refractivity contribution in [1.82, 2.24) is 14.9 Å². The van der Waals surface area contributed by atoms with Gasteiger partial charge in [0.15, 0.2) is 6.61 Å². The van der Waals surface area contributed by atoms with E-state index in [0.717, 1.165) is 36.1 Å². The van der Waals surface area contributed by atoms with Gasteiger partial charge in [-0.15, -0.1) is 11.3 Å². The molecule has 0 aliphatic heterocycles. The van der Waals surface area contributed by atoms with Crippen LogP contribution in [0, 0.1) is 0 Å². The fourth-order valence-corrected chi connectivity index (χ4v) is 4.17. The smallest absolute Gasteiger partial charge is 0.306 e. The average Bonchev–Trinajstić information content (AvgIpc) is 2.96. The molecule has 0 fully saturated rings. The molecule has 0 bridgehead atoms. The van der Waals surface area contributed by atoms with E-state index in [1.54, 1.807) is 25.4 Å². The van der Waals surface area contributed by atoms with Crippen molar-refractivity contribution in [1.29, 1.82) is 0 Å². The molecule has 0 radical (unpaired) electrons. The number of carbonyl (C=O) groups excluding carboxylic acids is 2. The molecule has 134 valence electrons. The average molecular weight is 363 g/mol. The highest BCUT2D eigenvalue weighted by atomic mass is 32.1. The maximum absolute atomic E-state index is 12.4. The van der Waals surface area contributed by atoms with Crippen molar-refractivity contribution in [3.05, 3.63) is 26.6 Å². The molecular formula is C17H21N3O4S. The van der Waals surface area contributed by atoms with Crippen molar-refractivity contribution in [3.63, 3.8) is 0 Å². The van der Waals surface area contributed by atoms with Crippen molar-refractivity contribution >= 4 is 33.4 Å². The number of carbonyl (C=O) groups is 2. The Morgan fingerprint density at radius 1 is 1.28 bits per heavy atom. The van der Waals surface area contributed by atoms with Gasteiger partial charge in [0.25, 0.3) is 11.5 Å². The number of hydrogen-bond acceptors (Lipinski definition) is 6. The first-order valence-corrected chi connectivity index (χ1v) is 9.16. The zero-order valence-electron chi connectivity index (χ0n) is 14.4. The third kappa shape index (κ3) is 3.89. The van der Waals surface area contributed by atoms with Crippen molar-refractivity contribution in [2.24, 2.45) is 0 Å². The second-order valence-corrected chi connectivity index (χ2v) is 7.44. The van der Waals surface area contributed by atoms with Crippen LogP contribution < -0.4 is 5.56 Å². The molecule has 1 aliphatic rings. The van der Waals surface area contributed by atoms with Crippen LogP contribution >= 0.6 is 11.3 Å². The number of esters is 1. The van der Waals surface area contributed by atoms with E-state index in [1.807, 2.05) is 0 Å². The lowest BCUT2D eigenvalue weighted by atomic mass is 9.97. The van der Waals surface area contributed by atoms with Gasteiger partial charge in [0.05, 0.1) is 11.8 Å². The quantitative estimate of drug-likeness (QED) is 0.811. The maximum Gasteiger partial charge on any atom is 0.306 e. The van der Waals surface area contributed by atoms with E-state index in [4.69, 9.17) is 4.74 Å². The van der Waals surface area contributed by atoms with E-state index >= 15 is 0 Å². The predicted octanol–water partition coefficient (Wildman–Crippen LogP) is 1.43. The molecule has 1 N–H and O–H groups in total. The second-order valence-electron chi connectivity index (χ2n) is 6.35. The van der Waals surface area contributed by atoms with Gasteiger partial charge in [0.1, 0.15) is 10.7 Å². The first-order chi connectivity index (χ1) is 12.0. The Kier molecular flexibility index (Phi) is 5.17. The number of amides is 1. The molecule has 1 aliphatic carbocycles. The van der Waals surface area contributed by atoms with Gasteiger partial charge in [-0.3, -0.25) is 14.4 Å². The van der Waals surface area contributed by atoms with E-state index in [2.05, 4.69) is 9.97 Å². The lowest BCUT2D eigenvalue weighted by Crippen LogP contribution is -2.27. The Bertz CT molecular complexity index is 869. The number of hydrogen-bond donors (Lipinski definition) is 1. The summed E-state index contributed by atoms with van der Waals surface area (Å²) in [5, 5.41) is 0.711. The topological polar surface area (TPSA) is 92.4 Å². The van der Waals surface area contributed by atoms with Crippen LogP contribution in [0.1, 0.15) is 35.5 Å². The molecule has 8 heteroatoms. The van der Waals surface area contributed by atoms with Gasteiger partial charge in [-0.1, -0.05) is 0 Å². The first-order valence-electron chi connectivity index (χ1n) is 8.35. The number of nitrogens with zero attached hydrogens (tertiary/aromatic N) is 2. The van der Waals surface area contributed by atoms with Crippen molar-refractivity contribution in [2.75, 3.05) is 20.7 Å². The Morgan fingerprint density at radius 3 is 2.80 bits per heavy atom. The number of fused-ring (bicyclic) bond motifs is 3. The molecule has 0 aromatic carbocycles. The van der Waals surface area contributed by atoms with Gasteiger partial charge in [-0.25, -0.2) is 4.98 Å². The molecule has 0 spiro atoms. The SMILES string of the molecule is CN(C)C(=O)COC(=O)CCc1nc2sc3c(c2c(=O)[nH]1)CCCC3. The summed E-state index contributed by atoms with van der Waals surface area (Å²) in [4.78, 5) is 46.2. The number of ether oxygens (including phenoxy) is 1. The number of aryl methyl sites for hydroxylation is 3.